The van der Waals surface area contributed by atoms with Gasteiger partial charge < -0.3 is 14.2 Å². The highest BCUT2D eigenvalue weighted by Crippen LogP contribution is 2.26. The minimum atomic E-state index is -3.76. The van der Waals surface area contributed by atoms with Gasteiger partial charge in [-0.2, -0.15) is 4.31 Å². The molecule has 0 saturated carbocycles. The maximum atomic E-state index is 13.8. The van der Waals surface area contributed by atoms with E-state index in [0.717, 1.165) is 0 Å². The molecule has 8 nitrogen and oxygen atoms in total. The number of esters is 2. The predicted octanol–water partition coefficient (Wildman–Crippen LogP) is 3.16. The molecule has 2 aromatic carbocycles. The summed E-state index contributed by atoms with van der Waals surface area (Å²) < 4.78 is 56.0. The molecule has 178 valence electrons. The largest absolute Gasteiger partial charge is 0.494 e. The van der Waals surface area contributed by atoms with Gasteiger partial charge in [0.15, 0.2) is 11.6 Å². The van der Waals surface area contributed by atoms with Crippen LogP contribution in [0.15, 0.2) is 47.4 Å². The average molecular weight is 480 g/mol. The molecule has 1 aliphatic heterocycles. The van der Waals surface area contributed by atoms with Crippen molar-refractivity contribution in [2.45, 2.75) is 31.3 Å². The lowest BCUT2D eigenvalue weighted by Gasteiger charge is -2.30. The maximum absolute atomic E-state index is 13.8. The molecule has 10 heteroatoms. The van der Waals surface area contributed by atoms with Crippen molar-refractivity contribution in [2.75, 3.05) is 26.8 Å². The van der Waals surface area contributed by atoms with E-state index in [-0.39, 0.29) is 42.5 Å². The summed E-state index contributed by atoms with van der Waals surface area (Å²) in [7, 11) is -2.39. The molecule has 1 saturated heterocycles. The van der Waals surface area contributed by atoms with Crippen LogP contribution >= 0.6 is 0 Å². The maximum Gasteiger partial charge on any atom is 0.338 e. The molecule has 0 radical (unpaired) electrons. The number of nitrogens with zero attached hydrogens (tertiary/aromatic N) is 1. The molecular weight excluding hydrogens is 453 g/mol. The fourth-order valence-electron chi connectivity index (χ4n) is 3.53. The van der Waals surface area contributed by atoms with Crippen molar-refractivity contribution < 1.29 is 36.6 Å². The predicted molar refractivity (Wildman–Crippen MR) is 117 cm³/mol. The minimum Gasteiger partial charge on any atom is -0.494 e. The van der Waals surface area contributed by atoms with Gasteiger partial charge in [0, 0.05) is 13.1 Å². The van der Waals surface area contributed by atoms with Gasteiger partial charge in [-0.25, -0.2) is 17.6 Å². The molecule has 0 bridgehead atoms. The first-order valence-electron chi connectivity index (χ1n) is 10.5. The number of ether oxygens (including phenoxy) is 3. The summed E-state index contributed by atoms with van der Waals surface area (Å²) in [5.41, 5.74) is 0.766. The smallest absolute Gasteiger partial charge is 0.338 e. The summed E-state index contributed by atoms with van der Waals surface area (Å²) >= 11 is 0. The van der Waals surface area contributed by atoms with Gasteiger partial charge in [-0.3, -0.25) is 4.79 Å². The van der Waals surface area contributed by atoms with Crippen LogP contribution in [0.5, 0.6) is 5.75 Å². The van der Waals surface area contributed by atoms with Gasteiger partial charge in [-0.15, -0.1) is 0 Å². The Morgan fingerprint density at radius 2 is 1.73 bits per heavy atom. The van der Waals surface area contributed by atoms with E-state index in [1.807, 2.05) is 0 Å². The summed E-state index contributed by atoms with van der Waals surface area (Å²) in [6.07, 6.45) is 0.631. The van der Waals surface area contributed by atoms with E-state index >= 15 is 0 Å². The third-order valence-electron chi connectivity index (χ3n) is 5.39. The molecule has 1 fully saturated rings. The van der Waals surface area contributed by atoms with Crippen molar-refractivity contribution >= 4 is 22.0 Å². The number of hydrogen-bond donors (Lipinski definition) is 0. The highest BCUT2D eigenvalue weighted by Gasteiger charge is 2.33. The Balaban J connectivity index is 1.54. The number of piperidine rings is 1. The monoisotopic (exact) mass is 479 g/mol. The third kappa shape index (κ3) is 5.88. The number of carbonyl (C=O) groups is 2. The number of hydrogen-bond acceptors (Lipinski definition) is 7. The molecule has 1 aliphatic rings. The van der Waals surface area contributed by atoms with Crippen molar-refractivity contribution in [1.82, 2.24) is 4.31 Å². The lowest BCUT2D eigenvalue weighted by Crippen LogP contribution is -2.40. The molecule has 0 amide bonds. The SMILES string of the molecule is CCOC(=O)c1ccc(S(=O)(=O)N2CCC(C(=O)OCc3ccc(OC)c(F)c3)CC2)cc1. The highest BCUT2D eigenvalue weighted by molar-refractivity contribution is 7.89. The molecule has 0 aromatic heterocycles. The number of methoxy groups -OCH3 is 1. The molecule has 0 unspecified atom stereocenters. The molecule has 33 heavy (non-hydrogen) atoms. The molecule has 2 aromatic rings. The van der Waals surface area contributed by atoms with Crippen molar-refractivity contribution in [3.8, 4) is 5.75 Å². The van der Waals surface area contributed by atoms with Crippen LogP contribution in [0.2, 0.25) is 0 Å². The molecule has 0 N–H and O–H groups in total. The standard InChI is InChI=1S/C23H26FNO7S/c1-3-31-22(26)17-5-7-19(8-6-17)33(28,29)25-12-10-18(11-13-25)23(27)32-15-16-4-9-21(30-2)20(24)14-16/h4-9,14,18H,3,10-13,15H2,1-2H3. The normalized spacial score (nSPS) is 15.1. The highest BCUT2D eigenvalue weighted by atomic mass is 32.2. The Kier molecular flexibility index (Phi) is 8.04. The summed E-state index contributed by atoms with van der Waals surface area (Å²) in [6, 6.07) is 9.88. The fraction of sp³-hybridized carbons (Fsp3) is 0.391. The molecular formula is C23H26FNO7S. The summed E-state index contributed by atoms with van der Waals surface area (Å²) in [5, 5.41) is 0. The van der Waals surface area contributed by atoms with E-state index in [1.54, 1.807) is 13.0 Å². The Labute approximate surface area is 192 Å². The molecule has 1 heterocycles. The van der Waals surface area contributed by atoms with Crippen LogP contribution in [0.3, 0.4) is 0 Å². The van der Waals surface area contributed by atoms with Gasteiger partial charge in [-0.05, 0) is 61.7 Å². The summed E-state index contributed by atoms with van der Waals surface area (Å²) in [5.74, 6) is -1.83. The van der Waals surface area contributed by atoms with Gasteiger partial charge in [0.2, 0.25) is 10.0 Å². The van der Waals surface area contributed by atoms with Crippen LogP contribution in [0, 0.1) is 11.7 Å². The first-order chi connectivity index (χ1) is 15.8. The van der Waals surface area contributed by atoms with Gasteiger partial charge in [-0.1, -0.05) is 6.07 Å². The average Bonchev–Trinajstić information content (AvgIpc) is 2.83. The Morgan fingerprint density at radius 3 is 2.30 bits per heavy atom. The minimum absolute atomic E-state index is 0.0677. The number of carbonyl (C=O) groups excluding carboxylic acids is 2. The van der Waals surface area contributed by atoms with Gasteiger partial charge in [0.25, 0.3) is 0 Å². The van der Waals surface area contributed by atoms with Gasteiger partial charge >= 0.3 is 11.9 Å². The van der Waals surface area contributed by atoms with E-state index in [2.05, 4.69) is 0 Å². The number of sulfonamides is 1. The lowest BCUT2D eigenvalue weighted by molar-refractivity contribution is -0.151. The van der Waals surface area contributed by atoms with Crippen LogP contribution in [0.4, 0.5) is 4.39 Å². The van der Waals surface area contributed by atoms with Crippen LogP contribution in [0.1, 0.15) is 35.7 Å². The van der Waals surface area contributed by atoms with Crippen LogP contribution in [-0.2, 0) is 30.9 Å². The molecule has 0 spiro atoms. The van der Waals surface area contributed by atoms with E-state index in [1.165, 1.54) is 47.8 Å². The quantitative estimate of drug-likeness (QED) is 0.536. The van der Waals surface area contributed by atoms with Gasteiger partial charge in [0.1, 0.15) is 6.61 Å². The zero-order valence-corrected chi connectivity index (χ0v) is 19.3. The number of benzene rings is 2. The Morgan fingerprint density at radius 1 is 1.06 bits per heavy atom. The number of rotatable bonds is 8. The molecule has 3 rings (SSSR count). The topological polar surface area (TPSA) is 99.2 Å². The van der Waals surface area contributed by atoms with Crippen molar-refractivity contribution in [1.29, 1.82) is 0 Å². The first-order valence-corrected chi connectivity index (χ1v) is 12.0. The van der Waals surface area contributed by atoms with E-state index in [0.29, 0.717) is 18.4 Å². The summed E-state index contributed by atoms with van der Waals surface area (Å²) in [4.78, 5) is 24.2. The second kappa shape index (κ2) is 10.8. The van der Waals surface area contributed by atoms with Crippen molar-refractivity contribution in [3.63, 3.8) is 0 Å². The van der Waals surface area contributed by atoms with Crippen molar-refractivity contribution in [2.24, 2.45) is 5.92 Å². The van der Waals surface area contributed by atoms with Crippen LogP contribution < -0.4 is 4.74 Å². The first kappa shape index (κ1) is 24.7. The van der Waals surface area contributed by atoms with E-state index in [9.17, 15) is 22.4 Å². The van der Waals surface area contributed by atoms with E-state index in [4.69, 9.17) is 14.2 Å². The molecule has 0 atom stereocenters. The Hall–Kier alpha value is -2.98. The third-order valence-corrected chi connectivity index (χ3v) is 7.30. The van der Waals surface area contributed by atoms with Crippen LogP contribution in [0.25, 0.3) is 0 Å². The van der Waals surface area contributed by atoms with Gasteiger partial charge in [0.05, 0.1) is 30.1 Å². The second-order valence-corrected chi connectivity index (χ2v) is 9.44. The zero-order valence-electron chi connectivity index (χ0n) is 18.5. The van der Waals surface area contributed by atoms with Crippen molar-refractivity contribution in [3.05, 3.63) is 59.4 Å². The Bertz CT molecular complexity index is 1090. The fourth-order valence-corrected chi connectivity index (χ4v) is 5.00. The van der Waals surface area contributed by atoms with Crippen LogP contribution in [-0.4, -0.2) is 51.5 Å². The zero-order chi connectivity index (χ0) is 24.0. The second-order valence-electron chi connectivity index (χ2n) is 7.50. The van der Waals surface area contributed by atoms with E-state index < -0.39 is 33.7 Å². The lowest BCUT2D eigenvalue weighted by atomic mass is 9.98. The number of halogens is 1. The summed E-state index contributed by atoms with van der Waals surface area (Å²) in [6.45, 7) is 2.17. The molecule has 0 aliphatic carbocycles.